The van der Waals surface area contributed by atoms with Crippen molar-refractivity contribution in [2.75, 3.05) is 6.61 Å². The van der Waals surface area contributed by atoms with Crippen LogP contribution in [0.15, 0.2) is 139 Å². The highest BCUT2D eigenvalue weighted by molar-refractivity contribution is 5.73. The Kier molecular flexibility index (Phi) is 10.3. The summed E-state index contributed by atoms with van der Waals surface area (Å²) in [5.74, 6) is -7.76. The Morgan fingerprint density at radius 2 is 1.36 bits per heavy atom. The van der Waals surface area contributed by atoms with Gasteiger partial charge in [-0.05, 0) is 53.7 Å². The highest BCUT2D eigenvalue weighted by atomic mass is 19.2. The third-order valence-corrected chi connectivity index (χ3v) is 5.96. The van der Waals surface area contributed by atoms with E-state index in [0.29, 0.717) is 11.1 Å². The van der Waals surface area contributed by atoms with E-state index in [0.717, 1.165) is 18.2 Å². The van der Waals surface area contributed by atoms with Crippen molar-refractivity contribution in [1.82, 2.24) is 0 Å². The van der Waals surface area contributed by atoms with Crippen LogP contribution in [-0.4, -0.2) is 6.61 Å². The molecule has 0 saturated heterocycles. The second-order valence-electron chi connectivity index (χ2n) is 8.65. The molecule has 0 radical (unpaired) electrons. The first-order chi connectivity index (χ1) is 18.2. The van der Waals surface area contributed by atoms with Crippen molar-refractivity contribution in [3.05, 3.63) is 161 Å². The molecule has 0 aromatic heterocycles. The van der Waals surface area contributed by atoms with E-state index in [2.05, 4.69) is 46.1 Å². The van der Waals surface area contributed by atoms with E-state index in [1.807, 2.05) is 0 Å². The molecule has 0 bridgehead atoms. The molecule has 0 heterocycles. The standard InChI is InChI=1S/C32H28F6O/c1-9-14-39-23(8)31(37)29(35)21(6)18(3)11-10-17(2)20(5)28(34)30(36)22(7)25-13-12-24-15-19(4)27(33)16-26(24)32(25)38/h9-11,15-16H,1-3,5-8,12-14H2,4H3/b11-10-,30-28-,31-29-. The average molecular weight is 543 g/mol. The molecule has 1 aromatic rings. The predicted molar refractivity (Wildman–Crippen MR) is 146 cm³/mol. The van der Waals surface area contributed by atoms with Gasteiger partial charge in [-0.3, -0.25) is 0 Å². The topological polar surface area (TPSA) is 9.23 Å². The second-order valence-corrected chi connectivity index (χ2v) is 8.65. The number of benzene rings is 1. The van der Waals surface area contributed by atoms with E-state index < -0.39 is 57.4 Å². The third kappa shape index (κ3) is 6.99. The van der Waals surface area contributed by atoms with Gasteiger partial charge in [0.1, 0.15) is 18.3 Å². The zero-order valence-corrected chi connectivity index (χ0v) is 21.6. The van der Waals surface area contributed by atoms with Gasteiger partial charge < -0.3 is 4.74 Å². The third-order valence-electron chi connectivity index (χ3n) is 5.96. The first kappa shape index (κ1) is 31.0. The lowest BCUT2D eigenvalue weighted by Gasteiger charge is -2.21. The van der Waals surface area contributed by atoms with E-state index in [-0.39, 0.29) is 41.7 Å². The van der Waals surface area contributed by atoms with Crippen LogP contribution in [0.4, 0.5) is 26.3 Å². The quantitative estimate of drug-likeness (QED) is 0.111. The zero-order valence-electron chi connectivity index (χ0n) is 21.6. The summed E-state index contributed by atoms with van der Waals surface area (Å²) in [6.45, 7) is 25.6. The van der Waals surface area contributed by atoms with Gasteiger partial charge in [-0.1, -0.05) is 70.3 Å². The summed E-state index contributed by atoms with van der Waals surface area (Å²) >= 11 is 0. The van der Waals surface area contributed by atoms with Gasteiger partial charge in [0.2, 0.25) is 5.83 Å². The van der Waals surface area contributed by atoms with E-state index in [9.17, 15) is 17.6 Å². The van der Waals surface area contributed by atoms with Gasteiger partial charge in [0.15, 0.2) is 23.2 Å². The molecule has 0 amide bonds. The van der Waals surface area contributed by atoms with Crippen molar-refractivity contribution in [2.24, 2.45) is 0 Å². The molecule has 1 nitrogen and oxygen atoms in total. The van der Waals surface area contributed by atoms with E-state index >= 15 is 8.78 Å². The molecule has 1 aliphatic rings. The molecule has 0 saturated carbocycles. The number of rotatable bonds is 12. The molecule has 1 aliphatic carbocycles. The van der Waals surface area contributed by atoms with E-state index in [1.165, 1.54) is 12.1 Å². The van der Waals surface area contributed by atoms with Gasteiger partial charge in [0, 0.05) is 22.3 Å². The molecule has 39 heavy (non-hydrogen) atoms. The van der Waals surface area contributed by atoms with Crippen LogP contribution >= 0.6 is 0 Å². The van der Waals surface area contributed by atoms with Crippen molar-refractivity contribution in [1.29, 1.82) is 0 Å². The Morgan fingerprint density at radius 3 is 1.90 bits per heavy atom. The van der Waals surface area contributed by atoms with Crippen LogP contribution in [0.25, 0.3) is 5.83 Å². The molecule has 1 aromatic carbocycles. The minimum absolute atomic E-state index is 0.0272. The predicted octanol–water partition coefficient (Wildman–Crippen LogP) is 10.1. The summed E-state index contributed by atoms with van der Waals surface area (Å²) in [5.41, 5.74) is -1.09. The minimum Gasteiger partial charge on any atom is -0.487 e. The summed E-state index contributed by atoms with van der Waals surface area (Å²) in [6.07, 6.45) is 3.92. The average Bonchev–Trinajstić information content (AvgIpc) is 2.92. The molecule has 0 atom stereocenters. The van der Waals surface area contributed by atoms with Crippen molar-refractivity contribution in [3.63, 3.8) is 0 Å². The zero-order chi connectivity index (χ0) is 29.6. The monoisotopic (exact) mass is 542 g/mol. The molecule has 0 N–H and O–H groups in total. The number of hydrogen-bond donors (Lipinski definition) is 0. The van der Waals surface area contributed by atoms with E-state index in [1.54, 1.807) is 6.92 Å². The Balaban J connectivity index is 2.22. The molecular formula is C32H28F6O. The maximum absolute atomic E-state index is 15.1. The fourth-order valence-electron chi connectivity index (χ4n) is 3.53. The fourth-order valence-corrected chi connectivity index (χ4v) is 3.53. The summed E-state index contributed by atoms with van der Waals surface area (Å²) in [5, 5.41) is 0. The number of halogens is 6. The number of ether oxygens (including phenoxy) is 1. The number of fused-ring (bicyclic) bond motifs is 1. The largest absolute Gasteiger partial charge is 0.487 e. The lowest BCUT2D eigenvalue weighted by molar-refractivity contribution is 0.241. The van der Waals surface area contributed by atoms with Crippen LogP contribution in [-0.2, 0) is 11.2 Å². The van der Waals surface area contributed by atoms with Crippen molar-refractivity contribution in [2.45, 2.75) is 19.8 Å². The Hall–Kier alpha value is -4.26. The van der Waals surface area contributed by atoms with Gasteiger partial charge in [-0.25, -0.2) is 22.0 Å². The maximum Gasteiger partial charge on any atom is 0.200 e. The van der Waals surface area contributed by atoms with Crippen LogP contribution in [0.5, 0.6) is 0 Å². The molecule has 7 heteroatoms. The first-order valence-corrected chi connectivity index (χ1v) is 11.6. The molecule has 0 spiro atoms. The van der Waals surface area contributed by atoms with Crippen LogP contribution in [0.3, 0.4) is 0 Å². The first-order valence-electron chi connectivity index (χ1n) is 11.6. The molecule has 2 rings (SSSR count). The van der Waals surface area contributed by atoms with Gasteiger partial charge in [-0.2, -0.15) is 4.39 Å². The van der Waals surface area contributed by atoms with Crippen molar-refractivity contribution in [3.8, 4) is 0 Å². The molecule has 0 aliphatic heterocycles. The van der Waals surface area contributed by atoms with Gasteiger partial charge in [0.05, 0.1) is 0 Å². The maximum atomic E-state index is 15.1. The van der Waals surface area contributed by atoms with Gasteiger partial charge in [0.25, 0.3) is 0 Å². The summed E-state index contributed by atoms with van der Waals surface area (Å²) in [4.78, 5) is 0. The van der Waals surface area contributed by atoms with Crippen LogP contribution in [0.2, 0.25) is 0 Å². The van der Waals surface area contributed by atoms with E-state index in [4.69, 9.17) is 4.74 Å². The highest BCUT2D eigenvalue weighted by Crippen LogP contribution is 2.40. The Bertz CT molecular complexity index is 1430. The minimum atomic E-state index is -1.46. The molecular weight excluding hydrogens is 514 g/mol. The lowest BCUT2D eigenvalue weighted by Crippen LogP contribution is -2.07. The summed E-state index contributed by atoms with van der Waals surface area (Å²) in [6, 6.07) is 2.53. The number of aryl methyl sites for hydroxylation is 2. The Labute approximate surface area is 224 Å². The normalized spacial score (nSPS) is 14.2. The van der Waals surface area contributed by atoms with Crippen LogP contribution < -0.4 is 0 Å². The second kappa shape index (κ2) is 13.0. The number of allylic oxidation sites excluding steroid dienone is 12. The van der Waals surface area contributed by atoms with Gasteiger partial charge in [-0.15, -0.1) is 0 Å². The SMILES string of the molecule is C=CCOC(=C)/C(F)=C(/F)C(=C)C(=C)/C=C\C(=C)C(=C)/C(F)=C(/F)C(=C)C1=C(F)c2cc(F)c(C)cc2CC1. The summed E-state index contributed by atoms with van der Waals surface area (Å²) in [7, 11) is 0. The van der Waals surface area contributed by atoms with Crippen molar-refractivity contribution >= 4 is 5.83 Å². The Morgan fingerprint density at radius 1 is 0.821 bits per heavy atom. The lowest BCUT2D eigenvalue weighted by atomic mass is 9.86. The number of hydrogen-bond acceptors (Lipinski definition) is 1. The smallest absolute Gasteiger partial charge is 0.200 e. The van der Waals surface area contributed by atoms with Crippen LogP contribution in [0, 0.1) is 12.7 Å². The highest BCUT2D eigenvalue weighted by Gasteiger charge is 2.26. The molecule has 0 unspecified atom stereocenters. The molecule has 204 valence electrons. The van der Waals surface area contributed by atoms with Crippen molar-refractivity contribution < 1.29 is 31.1 Å². The van der Waals surface area contributed by atoms with Crippen LogP contribution in [0.1, 0.15) is 23.1 Å². The van der Waals surface area contributed by atoms with Gasteiger partial charge >= 0.3 is 0 Å². The fraction of sp³-hybridized carbons (Fsp3) is 0.125. The summed E-state index contributed by atoms with van der Waals surface area (Å²) < 4.78 is 92.4. The molecule has 0 fully saturated rings.